The van der Waals surface area contributed by atoms with Gasteiger partial charge in [-0.15, -0.1) is 0 Å². The summed E-state index contributed by atoms with van der Waals surface area (Å²) in [5.74, 6) is -1.65. The molecule has 2 N–H and O–H groups in total. The highest BCUT2D eigenvalue weighted by Crippen LogP contribution is 2.36. The topological polar surface area (TPSA) is 105 Å². The molecular formula is C22H21BrN2O6. The Morgan fingerprint density at radius 1 is 1.13 bits per heavy atom. The van der Waals surface area contributed by atoms with E-state index in [9.17, 15) is 14.4 Å². The molecule has 9 heteroatoms. The van der Waals surface area contributed by atoms with Gasteiger partial charge in [-0.1, -0.05) is 34.1 Å². The number of benzene rings is 2. The molecule has 3 rings (SSSR count). The molecule has 1 aliphatic heterocycles. The molecule has 0 bridgehead atoms. The van der Waals surface area contributed by atoms with Crippen molar-refractivity contribution in [3.05, 3.63) is 75.4 Å². The molecule has 1 atom stereocenters. The third-order valence-corrected chi connectivity index (χ3v) is 5.54. The van der Waals surface area contributed by atoms with E-state index in [0.29, 0.717) is 16.9 Å². The maximum absolute atomic E-state index is 13.0. The van der Waals surface area contributed by atoms with Gasteiger partial charge in [-0.3, -0.25) is 4.90 Å². The van der Waals surface area contributed by atoms with Crippen molar-refractivity contribution in [3.8, 4) is 0 Å². The van der Waals surface area contributed by atoms with Crippen molar-refractivity contribution >= 4 is 39.6 Å². The maximum atomic E-state index is 13.0. The molecule has 0 aromatic heterocycles. The molecule has 0 saturated heterocycles. The van der Waals surface area contributed by atoms with Gasteiger partial charge >= 0.3 is 18.0 Å². The number of nitrogens with zero attached hydrogens (tertiary/aromatic N) is 1. The molecule has 0 fully saturated rings. The summed E-state index contributed by atoms with van der Waals surface area (Å²) in [5.41, 5.74) is 1.87. The summed E-state index contributed by atoms with van der Waals surface area (Å²) in [7, 11) is 1.51. The van der Waals surface area contributed by atoms with Crippen LogP contribution in [0.4, 0.5) is 10.5 Å². The minimum Gasteiger partial charge on any atom is -0.478 e. The van der Waals surface area contributed by atoms with Crippen molar-refractivity contribution in [1.82, 2.24) is 5.32 Å². The van der Waals surface area contributed by atoms with E-state index in [4.69, 9.17) is 14.6 Å². The number of carbonyl (C=O) groups is 3. The Morgan fingerprint density at radius 2 is 1.81 bits per heavy atom. The van der Waals surface area contributed by atoms with Crippen LogP contribution in [0.15, 0.2) is 64.3 Å². The van der Waals surface area contributed by atoms with Gasteiger partial charge in [0.25, 0.3) is 0 Å². The van der Waals surface area contributed by atoms with Crippen LogP contribution in [0.1, 0.15) is 28.9 Å². The van der Waals surface area contributed by atoms with Gasteiger partial charge in [0.05, 0.1) is 29.5 Å². The lowest BCUT2D eigenvalue weighted by Gasteiger charge is -2.35. The Morgan fingerprint density at radius 3 is 2.42 bits per heavy atom. The van der Waals surface area contributed by atoms with E-state index in [1.165, 1.54) is 36.3 Å². The lowest BCUT2D eigenvalue weighted by atomic mass is 9.94. The van der Waals surface area contributed by atoms with Gasteiger partial charge in [0.1, 0.15) is 6.61 Å². The van der Waals surface area contributed by atoms with E-state index in [1.807, 2.05) is 24.3 Å². The average Bonchev–Trinajstić information content (AvgIpc) is 2.74. The zero-order chi connectivity index (χ0) is 22.5. The molecule has 0 spiro atoms. The second-order valence-corrected chi connectivity index (χ2v) is 7.57. The number of hydrogen-bond donors (Lipinski definition) is 2. The van der Waals surface area contributed by atoms with E-state index in [2.05, 4.69) is 21.2 Å². The van der Waals surface area contributed by atoms with Gasteiger partial charge < -0.3 is 19.9 Å². The molecule has 1 heterocycles. The Balaban J connectivity index is 2.07. The molecule has 1 unspecified atom stereocenters. The molecule has 0 radical (unpaired) electrons. The summed E-state index contributed by atoms with van der Waals surface area (Å²) in [5, 5.41) is 12.0. The van der Waals surface area contributed by atoms with Crippen LogP contribution in [0, 0.1) is 0 Å². The van der Waals surface area contributed by atoms with Gasteiger partial charge in [0.2, 0.25) is 0 Å². The third-order valence-electron chi connectivity index (χ3n) is 4.81. The van der Waals surface area contributed by atoms with E-state index in [1.54, 1.807) is 6.92 Å². The van der Waals surface area contributed by atoms with Crippen LogP contribution in [0.3, 0.4) is 0 Å². The van der Waals surface area contributed by atoms with Crippen LogP contribution in [0.25, 0.3) is 0 Å². The minimum absolute atomic E-state index is 0.0655. The predicted molar refractivity (Wildman–Crippen MR) is 117 cm³/mol. The van der Waals surface area contributed by atoms with Crippen molar-refractivity contribution < 1.29 is 29.0 Å². The first-order chi connectivity index (χ1) is 14.8. The highest BCUT2D eigenvalue weighted by Gasteiger charge is 2.38. The number of carboxylic acids is 1. The molecule has 0 saturated carbocycles. The van der Waals surface area contributed by atoms with Crippen molar-refractivity contribution in [2.75, 3.05) is 25.2 Å². The molecule has 31 heavy (non-hydrogen) atoms. The second kappa shape index (κ2) is 9.76. The summed E-state index contributed by atoms with van der Waals surface area (Å²) in [6.07, 6.45) is 0. The smallest absolute Gasteiger partial charge is 0.338 e. The quantitative estimate of drug-likeness (QED) is 0.452. The standard InChI is InChI=1S/C22H21BrN2O6/c1-13-18(21(28)31-12-11-30-2)19(16-5-3-4-6-17(16)23)24-22(29)25(13)15-9-7-14(8-10-15)20(26)27/h3-10,19H,11-12H2,1-2H3,(H,24,29)(H,26,27). The zero-order valence-corrected chi connectivity index (χ0v) is 18.5. The van der Waals surface area contributed by atoms with Crippen molar-refractivity contribution in [2.45, 2.75) is 13.0 Å². The second-order valence-electron chi connectivity index (χ2n) is 6.72. The molecule has 2 aromatic rings. The van der Waals surface area contributed by atoms with Crippen LogP contribution < -0.4 is 10.2 Å². The van der Waals surface area contributed by atoms with Gasteiger partial charge in [-0.05, 0) is 42.8 Å². The van der Waals surface area contributed by atoms with Gasteiger partial charge in [0, 0.05) is 17.3 Å². The summed E-state index contributed by atoms with van der Waals surface area (Å²) in [6.45, 7) is 1.96. The first-order valence-electron chi connectivity index (χ1n) is 9.40. The number of rotatable bonds is 7. The number of aromatic carboxylic acids is 1. The Bertz CT molecular complexity index is 1030. The fourth-order valence-electron chi connectivity index (χ4n) is 3.31. The molecule has 2 amide bonds. The van der Waals surface area contributed by atoms with Gasteiger partial charge in [-0.2, -0.15) is 0 Å². The number of methoxy groups -OCH3 is 1. The van der Waals surface area contributed by atoms with Crippen molar-refractivity contribution in [1.29, 1.82) is 0 Å². The Kier molecular flexibility index (Phi) is 7.09. The molecule has 1 aliphatic rings. The van der Waals surface area contributed by atoms with E-state index in [0.717, 1.165) is 4.47 Å². The maximum Gasteiger partial charge on any atom is 0.338 e. The molecule has 8 nitrogen and oxygen atoms in total. The first-order valence-corrected chi connectivity index (χ1v) is 10.2. The zero-order valence-electron chi connectivity index (χ0n) is 16.9. The van der Waals surface area contributed by atoms with Crippen molar-refractivity contribution in [3.63, 3.8) is 0 Å². The van der Waals surface area contributed by atoms with E-state index >= 15 is 0 Å². The number of urea groups is 1. The highest BCUT2D eigenvalue weighted by atomic mass is 79.9. The average molecular weight is 489 g/mol. The number of carbonyl (C=O) groups excluding carboxylic acids is 2. The normalized spacial score (nSPS) is 16.2. The van der Waals surface area contributed by atoms with Crippen LogP contribution in [-0.2, 0) is 14.3 Å². The first kappa shape index (κ1) is 22.5. The highest BCUT2D eigenvalue weighted by molar-refractivity contribution is 9.10. The van der Waals surface area contributed by atoms with Crippen LogP contribution in [0.2, 0.25) is 0 Å². The monoisotopic (exact) mass is 488 g/mol. The molecule has 0 aliphatic carbocycles. The fourth-order valence-corrected chi connectivity index (χ4v) is 3.82. The lowest BCUT2D eigenvalue weighted by Crippen LogP contribution is -2.48. The molecule has 2 aromatic carbocycles. The molecule has 162 valence electrons. The Hall–Kier alpha value is -3.17. The number of esters is 1. The number of anilines is 1. The van der Waals surface area contributed by atoms with E-state index in [-0.39, 0.29) is 24.4 Å². The number of ether oxygens (including phenoxy) is 2. The SMILES string of the molecule is COCCOC(=O)C1=C(C)N(c2ccc(C(=O)O)cc2)C(=O)NC1c1ccccc1Br. The lowest BCUT2D eigenvalue weighted by molar-refractivity contribution is -0.140. The number of halogens is 1. The number of allylic oxidation sites excluding steroid dienone is 1. The minimum atomic E-state index is -1.07. The number of nitrogens with one attached hydrogen (secondary N) is 1. The largest absolute Gasteiger partial charge is 0.478 e. The van der Waals surface area contributed by atoms with Crippen LogP contribution in [-0.4, -0.2) is 43.4 Å². The van der Waals surface area contributed by atoms with E-state index < -0.39 is 24.0 Å². The van der Waals surface area contributed by atoms with Gasteiger partial charge in [-0.25, -0.2) is 14.4 Å². The summed E-state index contributed by atoms with van der Waals surface area (Å²) < 4.78 is 11.0. The Labute approximate surface area is 187 Å². The summed E-state index contributed by atoms with van der Waals surface area (Å²) in [4.78, 5) is 38.5. The third kappa shape index (κ3) is 4.78. The summed E-state index contributed by atoms with van der Waals surface area (Å²) >= 11 is 3.48. The van der Waals surface area contributed by atoms with Crippen LogP contribution in [0.5, 0.6) is 0 Å². The van der Waals surface area contributed by atoms with Crippen LogP contribution >= 0.6 is 15.9 Å². The van der Waals surface area contributed by atoms with Crippen molar-refractivity contribution in [2.24, 2.45) is 0 Å². The van der Waals surface area contributed by atoms with Gasteiger partial charge in [0.15, 0.2) is 0 Å². The molecular weight excluding hydrogens is 468 g/mol. The fraction of sp³-hybridized carbons (Fsp3) is 0.227. The summed E-state index contributed by atoms with van der Waals surface area (Å²) in [6, 6.07) is 11.9. The number of amides is 2. The number of hydrogen-bond acceptors (Lipinski definition) is 5. The number of carboxylic acid groups (broad SMARTS) is 1. The predicted octanol–water partition coefficient (Wildman–Crippen LogP) is 3.88.